The van der Waals surface area contributed by atoms with Crippen LogP contribution < -0.4 is 5.32 Å². The fourth-order valence-corrected chi connectivity index (χ4v) is 3.00. The van der Waals surface area contributed by atoms with Gasteiger partial charge in [0, 0.05) is 25.0 Å². The van der Waals surface area contributed by atoms with Crippen LogP contribution in [0.5, 0.6) is 0 Å². The Morgan fingerprint density at radius 1 is 1.26 bits per heavy atom. The van der Waals surface area contributed by atoms with E-state index in [4.69, 9.17) is 16.3 Å². The van der Waals surface area contributed by atoms with Gasteiger partial charge in [-0.1, -0.05) is 23.7 Å². The van der Waals surface area contributed by atoms with E-state index in [1.165, 1.54) is 6.92 Å². The molecule has 1 aromatic carbocycles. The van der Waals surface area contributed by atoms with Gasteiger partial charge in [-0.05, 0) is 31.5 Å². The molecule has 1 aliphatic heterocycles. The molecule has 6 heteroatoms. The van der Waals surface area contributed by atoms with Gasteiger partial charge in [-0.25, -0.2) is 0 Å². The molecule has 0 aliphatic carbocycles. The fraction of sp³-hybridized carbons (Fsp3) is 0.529. The summed E-state index contributed by atoms with van der Waals surface area (Å²) in [4.78, 5) is 25.9. The van der Waals surface area contributed by atoms with Crippen molar-refractivity contribution in [3.63, 3.8) is 0 Å². The van der Waals surface area contributed by atoms with E-state index < -0.39 is 0 Å². The Balaban J connectivity index is 2.09. The molecule has 0 spiro atoms. The molecular formula is C17H23ClN2O3. The van der Waals surface area contributed by atoms with Gasteiger partial charge in [-0.15, -0.1) is 0 Å². The van der Waals surface area contributed by atoms with Gasteiger partial charge in [0.2, 0.25) is 11.8 Å². The molecule has 3 atom stereocenters. The van der Waals surface area contributed by atoms with Crippen molar-refractivity contribution in [2.24, 2.45) is 0 Å². The molecule has 1 aliphatic rings. The lowest BCUT2D eigenvalue weighted by Crippen LogP contribution is -2.49. The number of ether oxygens (including phenoxy) is 1. The van der Waals surface area contributed by atoms with Gasteiger partial charge in [0.05, 0.1) is 24.7 Å². The van der Waals surface area contributed by atoms with Gasteiger partial charge >= 0.3 is 0 Å². The van der Waals surface area contributed by atoms with Gasteiger partial charge in [-0.3, -0.25) is 9.59 Å². The highest BCUT2D eigenvalue weighted by Crippen LogP contribution is 2.22. The van der Waals surface area contributed by atoms with Crippen molar-refractivity contribution in [2.75, 3.05) is 13.1 Å². The lowest BCUT2D eigenvalue weighted by atomic mass is 10.0. The molecule has 2 amide bonds. The van der Waals surface area contributed by atoms with Gasteiger partial charge in [0.15, 0.2) is 0 Å². The Morgan fingerprint density at radius 2 is 1.83 bits per heavy atom. The number of amides is 2. The summed E-state index contributed by atoms with van der Waals surface area (Å²) in [5, 5.41) is 3.47. The van der Waals surface area contributed by atoms with E-state index in [0.29, 0.717) is 18.1 Å². The third kappa shape index (κ3) is 5.22. The first-order valence-corrected chi connectivity index (χ1v) is 8.18. The molecule has 1 aromatic rings. The van der Waals surface area contributed by atoms with Crippen LogP contribution in [0.1, 0.15) is 38.8 Å². The highest BCUT2D eigenvalue weighted by molar-refractivity contribution is 6.30. The van der Waals surface area contributed by atoms with Crippen LogP contribution in [0.15, 0.2) is 24.3 Å². The van der Waals surface area contributed by atoms with Crippen molar-refractivity contribution in [1.29, 1.82) is 0 Å². The molecule has 1 heterocycles. The average molecular weight is 339 g/mol. The number of morpholine rings is 1. The number of carbonyl (C=O) groups excluding carboxylic acids is 2. The van der Waals surface area contributed by atoms with E-state index in [1.807, 2.05) is 30.9 Å². The second kappa shape index (κ2) is 7.79. The molecule has 3 unspecified atom stereocenters. The first-order chi connectivity index (χ1) is 10.8. The highest BCUT2D eigenvalue weighted by atomic mass is 35.5. The molecular weight excluding hydrogens is 316 g/mol. The van der Waals surface area contributed by atoms with Crippen LogP contribution in [-0.4, -0.2) is 42.0 Å². The first-order valence-electron chi connectivity index (χ1n) is 7.81. The zero-order valence-electron chi connectivity index (χ0n) is 13.7. The van der Waals surface area contributed by atoms with Crippen molar-refractivity contribution in [3.8, 4) is 0 Å². The second-order valence-corrected chi connectivity index (χ2v) is 6.50. The maximum Gasteiger partial charge on any atom is 0.225 e. The Bertz CT molecular complexity index is 551. The molecule has 0 bridgehead atoms. The number of nitrogens with one attached hydrogen (secondary N) is 1. The summed E-state index contributed by atoms with van der Waals surface area (Å²) in [7, 11) is 0. The molecule has 2 rings (SSSR count). The maximum atomic E-state index is 12.6. The molecule has 1 N–H and O–H groups in total. The van der Waals surface area contributed by atoms with Crippen LogP contribution in [0.3, 0.4) is 0 Å². The quantitative estimate of drug-likeness (QED) is 0.917. The third-order valence-electron chi connectivity index (χ3n) is 3.80. The number of nitrogens with zero attached hydrogens (tertiary/aromatic N) is 1. The molecule has 5 nitrogen and oxygen atoms in total. The predicted octanol–water partition coefficient (Wildman–Crippen LogP) is 2.54. The van der Waals surface area contributed by atoms with Crippen LogP contribution in [0.25, 0.3) is 0 Å². The van der Waals surface area contributed by atoms with Crippen LogP contribution in [0, 0.1) is 0 Å². The minimum absolute atomic E-state index is 0.0145. The number of rotatable bonds is 4. The lowest BCUT2D eigenvalue weighted by molar-refractivity contribution is -0.143. The monoisotopic (exact) mass is 338 g/mol. The molecule has 1 fully saturated rings. The Labute approximate surface area is 141 Å². The summed E-state index contributed by atoms with van der Waals surface area (Å²) >= 11 is 5.91. The van der Waals surface area contributed by atoms with E-state index in [9.17, 15) is 9.59 Å². The third-order valence-corrected chi connectivity index (χ3v) is 4.05. The summed E-state index contributed by atoms with van der Waals surface area (Å²) in [6.07, 6.45) is 0.274. The van der Waals surface area contributed by atoms with Crippen molar-refractivity contribution in [3.05, 3.63) is 34.9 Å². The van der Waals surface area contributed by atoms with Crippen LogP contribution >= 0.6 is 11.6 Å². The van der Waals surface area contributed by atoms with Crippen molar-refractivity contribution < 1.29 is 14.3 Å². The molecule has 23 heavy (non-hydrogen) atoms. The highest BCUT2D eigenvalue weighted by Gasteiger charge is 2.28. The average Bonchev–Trinajstić information content (AvgIpc) is 2.45. The molecule has 0 radical (unpaired) electrons. The zero-order chi connectivity index (χ0) is 17.0. The lowest BCUT2D eigenvalue weighted by Gasteiger charge is -2.36. The molecule has 126 valence electrons. The summed E-state index contributed by atoms with van der Waals surface area (Å²) < 4.78 is 5.66. The Kier molecular flexibility index (Phi) is 6.02. The fourth-order valence-electron chi connectivity index (χ4n) is 2.88. The van der Waals surface area contributed by atoms with E-state index in [-0.39, 0.29) is 36.5 Å². The second-order valence-electron chi connectivity index (χ2n) is 6.06. The minimum Gasteiger partial charge on any atom is -0.372 e. The number of hydrogen-bond donors (Lipinski definition) is 1. The number of benzene rings is 1. The normalized spacial score (nSPS) is 22.5. The number of hydrogen-bond acceptors (Lipinski definition) is 3. The summed E-state index contributed by atoms with van der Waals surface area (Å²) in [5.41, 5.74) is 0.868. The molecule has 0 aromatic heterocycles. The summed E-state index contributed by atoms with van der Waals surface area (Å²) in [5.74, 6) is -0.151. The van der Waals surface area contributed by atoms with Crippen LogP contribution in [0.4, 0.5) is 0 Å². The Morgan fingerprint density at radius 3 is 2.35 bits per heavy atom. The van der Waals surface area contributed by atoms with Crippen LogP contribution in [-0.2, 0) is 14.3 Å². The van der Waals surface area contributed by atoms with E-state index in [0.717, 1.165) is 5.56 Å². The SMILES string of the molecule is CC(=O)NC(CC(=O)N1CC(C)OC(C)C1)c1ccc(Cl)cc1. The van der Waals surface area contributed by atoms with Gasteiger partial charge < -0.3 is 15.0 Å². The molecule has 0 saturated carbocycles. The molecule has 1 saturated heterocycles. The summed E-state index contributed by atoms with van der Waals surface area (Å²) in [6.45, 7) is 6.53. The standard InChI is InChI=1S/C17H23ClN2O3/c1-11-9-20(10-12(2)23-11)17(22)8-16(19-13(3)21)14-4-6-15(18)7-5-14/h4-7,11-12,16H,8-10H2,1-3H3,(H,19,21). The van der Waals surface area contributed by atoms with E-state index in [1.54, 1.807) is 12.1 Å². The predicted molar refractivity (Wildman–Crippen MR) is 89.2 cm³/mol. The largest absolute Gasteiger partial charge is 0.372 e. The number of halogens is 1. The topological polar surface area (TPSA) is 58.6 Å². The van der Waals surface area contributed by atoms with E-state index >= 15 is 0 Å². The number of carbonyl (C=O) groups is 2. The first kappa shape index (κ1) is 17.8. The van der Waals surface area contributed by atoms with Gasteiger partial charge in [0.1, 0.15) is 0 Å². The van der Waals surface area contributed by atoms with Gasteiger partial charge in [-0.2, -0.15) is 0 Å². The maximum absolute atomic E-state index is 12.6. The minimum atomic E-state index is -0.356. The zero-order valence-corrected chi connectivity index (χ0v) is 14.5. The smallest absolute Gasteiger partial charge is 0.225 e. The van der Waals surface area contributed by atoms with Crippen molar-refractivity contribution in [2.45, 2.75) is 45.4 Å². The van der Waals surface area contributed by atoms with Crippen molar-refractivity contribution >= 4 is 23.4 Å². The van der Waals surface area contributed by atoms with Gasteiger partial charge in [0.25, 0.3) is 0 Å². The summed E-state index contributed by atoms with van der Waals surface area (Å²) in [6, 6.07) is 6.83. The van der Waals surface area contributed by atoms with E-state index in [2.05, 4.69) is 5.32 Å². The van der Waals surface area contributed by atoms with Crippen molar-refractivity contribution in [1.82, 2.24) is 10.2 Å². The Hall–Kier alpha value is -1.59. The van der Waals surface area contributed by atoms with Crippen LogP contribution in [0.2, 0.25) is 5.02 Å².